The van der Waals surface area contributed by atoms with Crippen LogP contribution in [0.15, 0.2) is 40.5 Å². The zero-order chi connectivity index (χ0) is 22.5. The molecule has 0 aliphatic carbocycles. The molecule has 0 saturated carbocycles. The second-order valence-electron chi connectivity index (χ2n) is 8.52. The van der Waals surface area contributed by atoms with Crippen molar-refractivity contribution in [2.24, 2.45) is 0 Å². The van der Waals surface area contributed by atoms with Crippen molar-refractivity contribution in [1.29, 1.82) is 0 Å². The van der Waals surface area contributed by atoms with Crippen LogP contribution >= 0.6 is 0 Å². The van der Waals surface area contributed by atoms with Crippen molar-refractivity contribution in [3.8, 4) is 0 Å². The van der Waals surface area contributed by atoms with E-state index in [1.54, 1.807) is 19.1 Å². The summed E-state index contributed by atoms with van der Waals surface area (Å²) < 4.78 is 11.4. The predicted molar refractivity (Wildman–Crippen MR) is 128 cm³/mol. The van der Waals surface area contributed by atoms with Gasteiger partial charge in [0, 0.05) is 0 Å². The average molecular weight is 522 g/mol. The summed E-state index contributed by atoms with van der Waals surface area (Å²) in [5.74, 6) is -0.686. The molecule has 30 heavy (non-hydrogen) atoms. The summed E-state index contributed by atoms with van der Waals surface area (Å²) in [6, 6.07) is 9.02. The van der Waals surface area contributed by atoms with Crippen LogP contribution in [0.5, 0.6) is 0 Å². The number of carbonyl (C=O) groups is 2. The Balaban J connectivity index is 3.22. The van der Waals surface area contributed by atoms with E-state index in [2.05, 4.69) is 30.2 Å². The quantitative estimate of drug-likeness (QED) is 0.231. The Labute approximate surface area is 187 Å². The number of methoxy groups -OCH3 is 1. The molecule has 1 aromatic carbocycles. The van der Waals surface area contributed by atoms with Gasteiger partial charge in [-0.1, -0.05) is 0 Å². The van der Waals surface area contributed by atoms with Gasteiger partial charge in [0.2, 0.25) is 0 Å². The standard InChI is InChI=1S/C13H14NO3.3C4H9.Sn/c1-4-13(2,12(16)17-3)14-11(15)10-8-6-5-7-9-10;3*1-3-4-2;/h1,4-9H,2-3H3,(H,14,15);3*1,3-4H2,2H3;/t13-;;;;/m0..../s1. The van der Waals surface area contributed by atoms with E-state index in [1.807, 2.05) is 24.3 Å². The molecule has 1 N–H and O–H groups in total. The zero-order valence-electron chi connectivity index (χ0n) is 19.6. The Morgan fingerprint density at radius 1 is 0.967 bits per heavy atom. The van der Waals surface area contributed by atoms with E-state index in [0.717, 1.165) is 0 Å². The van der Waals surface area contributed by atoms with E-state index >= 15 is 0 Å². The molecule has 0 fully saturated rings. The third kappa shape index (κ3) is 8.44. The molecule has 0 heterocycles. The van der Waals surface area contributed by atoms with Gasteiger partial charge < -0.3 is 0 Å². The molecule has 0 spiro atoms. The second kappa shape index (κ2) is 13.9. The van der Waals surface area contributed by atoms with Gasteiger partial charge in [-0.25, -0.2) is 0 Å². The normalized spacial score (nSPS) is 13.8. The van der Waals surface area contributed by atoms with Gasteiger partial charge >= 0.3 is 188 Å². The number of rotatable bonds is 14. The molecule has 1 aromatic rings. The molecule has 168 valence electrons. The average Bonchev–Trinajstić information content (AvgIpc) is 2.78. The molecule has 0 aromatic heterocycles. The number of unbranched alkanes of at least 4 members (excludes halogenated alkanes) is 3. The Morgan fingerprint density at radius 3 is 1.90 bits per heavy atom. The van der Waals surface area contributed by atoms with Crippen LogP contribution in [0.3, 0.4) is 0 Å². The number of hydrogen-bond acceptors (Lipinski definition) is 3. The molecule has 5 heteroatoms. The van der Waals surface area contributed by atoms with E-state index < -0.39 is 29.9 Å². The van der Waals surface area contributed by atoms with Gasteiger partial charge in [0.05, 0.1) is 0 Å². The Bertz CT molecular complexity index is 652. The van der Waals surface area contributed by atoms with Crippen LogP contribution in [-0.4, -0.2) is 42.9 Å². The van der Waals surface area contributed by atoms with Crippen LogP contribution in [0.1, 0.15) is 76.6 Å². The van der Waals surface area contributed by atoms with Crippen LogP contribution in [0, 0.1) is 0 Å². The molecule has 0 aliphatic heterocycles. The first-order valence-electron chi connectivity index (χ1n) is 11.5. The number of ether oxygens (including phenoxy) is 1. The zero-order valence-corrected chi connectivity index (χ0v) is 22.5. The van der Waals surface area contributed by atoms with Gasteiger partial charge in [-0.2, -0.15) is 0 Å². The van der Waals surface area contributed by atoms with Crippen LogP contribution in [0.25, 0.3) is 0 Å². The maximum absolute atomic E-state index is 12.8. The minimum absolute atomic E-state index is 0.260. The van der Waals surface area contributed by atoms with E-state index in [4.69, 9.17) is 4.74 Å². The number of nitrogens with one attached hydrogen (secondary N) is 1. The van der Waals surface area contributed by atoms with Crippen LogP contribution in [-0.2, 0) is 9.53 Å². The number of amides is 1. The molecular formula is C25H41NO3Sn. The topological polar surface area (TPSA) is 55.4 Å². The predicted octanol–water partition coefficient (Wildman–Crippen LogP) is 6.29. The van der Waals surface area contributed by atoms with Crippen molar-refractivity contribution in [3.63, 3.8) is 0 Å². The van der Waals surface area contributed by atoms with Gasteiger partial charge in [-0.15, -0.1) is 0 Å². The summed E-state index contributed by atoms with van der Waals surface area (Å²) in [5, 5.41) is 2.93. The van der Waals surface area contributed by atoms with E-state index in [0.29, 0.717) is 5.56 Å². The Hall–Kier alpha value is -1.30. The molecule has 1 rings (SSSR count). The summed E-state index contributed by atoms with van der Waals surface area (Å²) in [6.45, 7) is 8.50. The molecule has 0 aliphatic rings. The molecule has 0 bridgehead atoms. The third-order valence-electron chi connectivity index (χ3n) is 5.87. The minimum atomic E-state index is -2.59. The van der Waals surface area contributed by atoms with Crippen LogP contribution < -0.4 is 5.32 Å². The first-order valence-corrected chi connectivity index (χ1v) is 19.2. The van der Waals surface area contributed by atoms with Crippen LogP contribution in [0.4, 0.5) is 0 Å². The first kappa shape index (κ1) is 26.7. The maximum atomic E-state index is 12.8. The van der Waals surface area contributed by atoms with E-state index in [-0.39, 0.29) is 5.91 Å². The number of carbonyl (C=O) groups excluding carboxylic acids is 2. The molecule has 1 atom stereocenters. The van der Waals surface area contributed by atoms with Gasteiger partial charge in [0.15, 0.2) is 0 Å². The van der Waals surface area contributed by atoms with Crippen molar-refractivity contribution in [2.45, 2.75) is 85.1 Å². The molecule has 0 saturated heterocycles. The van der Waals surface area contributed by atoms with Crippen molar-refractivity contribution < 1.29 is 14.3 Å². The SMILES string of the molecule is CCC[CH2][Sn](/[CH]=C/[C@](C)(NC(=O)c1ccccc1)C(=O)OC)([CH2]CCC)[CH2]CCC. The third-order valence-corrected chi connectivity index (χ3v) is 19.9. The number of esters is 1. The van der Waals surface area contributed by atoms with Gasteiger partial charge in [0.25, 0.3) is 0 Å². The monoisotopic (exact) mass is 523 g/mol. The van der Waals surface area contributed by atoms with E-state index in [9.17, 15) is 9.59 Å². The van der Waals surface area contributed by atoms with Gasteiger partial charge in [-0.3, -0.25) is 0 Å². The summed E-state index contributed by atoms with van der Waals surface area (Å²) in [4.78, 5) is 25.5. The summed E-state index contributed by atoms with van der Waals surface area (Å²) in [6.07, 6.45) is 9.31. The van der Waals surface area contributed by atoms with Crippen LogP contribution in [0.2, 0.25) is 13.3 Å². The number of benzene rings is 1. The van der Waals surface area contributed by atoms with Gasteiger partial charge in [0.1, 0.15) is 0 Å². The van der Waals surface area contributed by atoms with E-state index in [1.165, 1.54) is 58.9 Å². The fraction of sp³-hybridized carbons (Fsp3) is 0.600. The second-order valence-corrected chi connectivity index (χ2v) is 21.5. The first-order chi connectivity index (χ1) is 14.4. The Kier molecular flexibility index (Phi) is 12.4. The van der Waals surface area contributed by atoms with Crippen molar-refractivity contribution >= 4 is 30.3 Å². The fourth-order valence-corrected chi connectivity index (χ4v) is 18.4. The molecular weight excluding hydrogens is 481 g/mol. The molecule has 0 radical (unpaired) electrons. The van der Waals surface area contributed by atoms with Crippen molar-refractivity contribution in [1.82, 2.24) is 5.32 Å². The summed E-state index contributed by atoms with van der Waals surface area (Å²) in [5.41, 5.74) is -0.618. The summed E-state index contributed by atoms with van der Waals surface area (Å²) in [7, 11) is 1.38. The molecule has 4 nitrogen and oxygen atoms in total. The molecule has 0 unspecified atom stereocenters. The Morgan fingerprint density at radius 2 is 1.47 bits per heavy atom. The van der Waals surface area contributed by atoms with Crippen molar-refractivity contribution in [2.75, 3.05) is 7.11 Å². The van der Waals surface area contributed by atoms with Gasteiger partial charge in [-0.05, 0) is 0 Å². The number of hydrogen-bond donors (Lipinski definition) is 1. The summed E-state index contributed by atoms with van der Waals surface area (Å²) >= 11 is -2.59. The van der Waals surface area contributed by atoms with Crippen molar-refractivity contribution in [3.05, 3.63) is 46.1 Å². The molecule has 1 amide bonds. The fourth-order valence-electron chi connectivity index (χ4n) is 3.83.